The Hall–Kier alpha value is -1.73. The predicted octanol–water partition coefficient (Wildman–Crippen LogP) is 11.3. The van der Waals surface area contributed by atoms with Crippen molar-refractivity contribution in [2.24, 2.45) is 17.8 Å². The highest BCUT2D eigenvalue weighted by Gasteiger charge is 1.99. The Morgan fingerprint density at radius 2 is 1.00 bits per heavy atom. The van der Waals surface area contributed by atoms with Crippen LogP contribution >= 0.6 is 0 Å². The van der Waals surface area contributed by atoms with E-state index in [9.17, 15) is 8.42 Å². The maximum atomic E-state index is 10.7. The lowest BCUT2D eigenvalue weighted by molar-refractivity contribution is 0.302. The molecule has 0 saturated carbocycles. The first-order valence-corrected chi connectivity index (χ1v) is 20.5. The van der Waals surface area contributed by atoms with Crippen molar-refractivity contribution in [3.8, 4) is 0 Å². The zero-order valence-electron chi connectivity index (χ0n) is 32.0. The molecule has 0 unspecified atom stereocenters. The van der Waals surface area contributed by atoms with Gasteiger partial charge in [0.1, 0.15) is 0 Å². The molecule has 0 aromatic carbocycles. The molecule has 6 heteroatoms. The molecule has 0 spiro atoms. The molecule has 0 rings (SSSR count). The quantitative estimate of drug-likeness (QED) is 0.0513. The van der Waals surface area contributed by atoms with E-state index < -0.39 is 10.1 Å². The van der Waals surface area contributed by atoms with Gasteiger partial charge in [-0.1, -0.05) is 172 Å². The number of hydrogen-bond donors (Lipinski definition) is 2. The second-order valence-corrected chi connectivity index (χ2v) is 14.2. The fourth-order valence-corrected chi connectivity index (χ4v) is 4.69. The zero-order valence-corrected chi connectivity index (χ0v) is 32.8. The molecule has 0 radical (unpaired) electrons. The minimum Gasteiger partial charge on any atom is -0.396 e. The minimum atomic E-state index is -3.30. The van der Waals surface area contributed by atoms with Gasteiger partial charge in [-0.15, -0.1) is 0 Å². The molecule has 276 valence electrons. The summed E-state index contributed by atoms with van der Waals surface area (Å²) in [4.78, 5) is 0. The van der Waals surface area contributed by atoms with Crippen LogP contribution in [0.15, 0.2) is 72.9 Å². The Kier molecular flexibility index (Phi) is 42.7. The first-order chi connectivity index (χ1) is 22.6. The standard InChI is InChI=1S/C14H27N.C14H26O3S.C13H24O/c1-4-5-8-11-14(2)12-9-6-7-10-13-15-3;1-4-5-8-11-14(2)12-9-6-7-10-13-17-18(3,15)16;1-3-4-7-10-13(2)11-8-5-6-9-12-14/h6-7,9,12,14-15H,4-5,8,10-11,13H2,1-3H3;6-7,9,12,14H,4-5,8,10-11,13H2,1-3H3;5-6,8,11,13-14H,3-4,7,9-10,12H2,1-2H3/b2*7-6-,12-9+;6-5-,11-8+/t2*14-;13-/m000/s1. The van der Waals surface area contributed by atoms with E-state index in [1.54, 1.807) is 0 Å². The number of rotatable bonds is 27. The van der Waals surface area contributed by atoms with Crippen LogP contribution < -0.4 is 5.32 Å². The summed E-state index contributed by atoms with van der Waals surface area (Å²) >= 11 is 0. The predicted molar refractivity (Wildman–Crippen MR) is 210 cm³/mol. The first-order valence-electron chi connectivity index (χ1n) is 18.7. The minimum absolute atomic E-state index is 0.217. The molecule has 0 heterocycles. The van der Waals surface area contributed by atoms with Crippen molar-refractivity contribution < 1.29 is 17.7 Å². The van der Waals surface area contributed by atoms with Crippen LogP contribution in [0.4, 0.5) is 0 Å². The van der Waals surface area contributed by atoms with Crippen LogP contribution in [0.1, 0.15) is 138 Å². The van der Waals surface area contributed by atoms with Gasteiger partial charge in [0.05, 0.1) is 12.9 Å². The van der Waals surface area contributed by atoms with E-state index in [1.807, 2.05) is 37.4 Å². The van der Waals surface area contributed by atoms with Crippen molar-refractivity contribution in [3.05, 3.63) is 72.9 Å². The van der Waals surface area contributed by atoms with Gasteiger partial charge in [0, 0.05) is 6.61 Å². The highest BCUT2D eigenvalue weighted by molar-refractivity contribution is 7.85. The molecule has 2 N–H and O–H groups in total. The lowest BCUT2D eigenvalue weighted by Crippen LogP contribution is -2.05. The summed E-state index contributed by atoms with van der Waals surface area (Å²) in [5.74, 6) is 2.01. The molecule has 0 fully saturated rings. The Morgan fingerprint density at radius 3 is 1.34 bits per heavy atom. The van der Waals surface area contributed by atoms with Crippen molar-refractivity contribution in [1.29, 1.82) is 0 Å². The fourth-order valence-electron chi connectivity index (χ4n) is 4.29. The van der Waals surface area contributed by atoms with E-state index in [1.165, 1.54) is 77.0 Å². The van der Waals surface area contributed by atoms with Crippen molar-refractivity contribution in [2.75, 3.05) is 33.1 Å². The summed E-state index contributed by atoms with van der Waals surface area (Å²) in [6, 6.07) is 0. The molecule has 0 bridgehead atoms. The first kappa shape index (κ1) is 49.7. The van der Waals surface area contributed by atoms with Crippen molar-refractivity contribution in [2.45, 2.75) is 138 Å². The number of aliphatic hydroxyl groups is 1. The average molecular weight is 680 g/mol. The molecular formula is C41H77NO4S. The van der Waals surface area contributed by atoms with Crippen LogP contribution in [-0.2, 0) is 14.3 Å². The Bertz CT molecular complexity index is 902. The third-order valence-corrected chi connectivity index (χ3v) is 7.88. The number of hydrogen-bond acceptors (Lipinski definition) is 5. The SMILES string of the molecule is CCCCC[C@H](C)/C=C/C=C\CCNC.CCCCC[C@H](C)/C=C/C=C\CCO.CCCCC[C@H](C)/C=C/C=C\CCOS(C)(=O)=O. The van der Waals surface area contributed by atoms with Gasteiger partial charge in [-0.2, -0.15) is 8.42 Å². The number of nitrogens with one attached hydrogen (secondary N) is 1. The third-order valence-electron chi connectivity index (χ3n) is 7.29. The molecule has 0 aliphatic heterocycles. The Labute approximate surface area is 294 Å². The van der Waals surface area contributed by atoms with Crippen LogP contribution in [0.3, 0.4) is 0 Å². The molecular weight excluding hydrogens is 603 g/mol. The summed E-state index contributed by atoms with van der Waals surface area (Å²) in [6.07, 6.45) is 44.6. The highest BCUT2D eigenvalue weighted by atomic mass is 32.2. The van der Waals surface area contributed by atoms with Crippen LogP contribution in [0.25, 0.3) is 0 Å². The molecule has 3 atom stereocenters. The largest absolute Gasteiger partial charge is 0.396 e. The van der Waals surface area contributed by atoms with Gasteiger partial charge in [-0.25, -0.2) is 0 Å². The van der Waals surface area contributed by atoms with Gasteiger partial charge >= 0.3 is 0 Å². The normalized spacial score (nSPS) is 14.3. The van der Waals surface area contributed by atoms with Crippen molar-refractivity contribution in [1.82, 2.24) is 5.32 Å². The van der Waals surface area contributed by atoms with Gasteiger partial charge in [0.25, 0.3) is 10.1 Å². The van der Waals surface area contributed by atoms with Gasteiger partial charge in [0.15, 0.2) is 0 Å². The summed E-state index contributed by atoms with van der Waals surface area (Å²) in [5.41, 5.74) is 0. The molecule has 0 amide bonds. The van der Waals surface area contributed by atoms with Gasteiger partial charge < -0.3 is 10.4 Å². The Balaban J connectivity index is -0.000000624. The highest BCUT2D eigenvalue weighted by Crippen LogP contribution is 2.12. The van der Waals surface area contributed by atoms with E-state index >= 15 is 0 Å². The molecule has 0 aromatic rings. The summed E-state index contributed by atoms with van der Waals surface area (Å²) in [6.45, 7) is 15.0. The maximum absolute atomic E-state index is 10.7. The molecule has 0 aliphatic carbocycles. The zero-order chi connectivity index (χ0) is 35.9. The van der Waals surface area contributed by atoms with E-state index in [-0.39, 0.29) is 13.2 Å². The van der Waals surface area contributed by atoms with E-state index in [2.05, 4.69) is 93.6 Å². The lowest BCUT2D eigenvalue weighted by Gasteiger charge is -2.03. The summed E-state index contributed by atoms with van der Waals surface area (Å²) < 4.78 is 26.0. The van der Waals surface area contributed by atoms with Gasteiger partial charge in [-0.05, 0) is 69.9 Å². The molecule has 0 aromatic heterocycles. The Morgan fingerprint density at radius 1 is 0.617 bits per heavy atom. The van der Waals surface area contributed by atoms with Crippen molar-refractivity contribution in [3.63, 3.8) is 0 Å². The van der Waals surface area contributed by atoms with Gasteiger partial charge in [-0.3, -0.25) is 4.18 Å². The third kappa shape index (κ3) is 51.3. The molecule has 0 aliphatic rings. The second kappa shape index (κ2) is 40.4. The van der Waals surface area contributed by atoms with E-state index in [0.717, 1.165) is 31.6 Å². The molecule has 0 saturated heterocycles. The number of allylic oxidation sites excluding steroid dienone is 9. The topological polar surface area (TPSA) is 75.6 Å². The second-order valence-electron chi connectivity index (χ2n) is 12.6. The van der Waals surface area contributed by atoms with Crippen molar-refractivity contribution >= 4 is 10.1 Å². The fraction of sp³-hybridized carbons (Fsp3) is 0.707. The van der Waals surface area contributed by atoms with Crippen LogP contribution in [0, 0.1) is 17.8 Å². The number of aliphatic hydroxyl groups excluding tert-OH is 1. The van der Waals surface area contributed by atoms with E-state index in [4.69, 9.17) is 5.11 Å². The smallest absolute Gasteiger partial charge is 0.264 e. The average Bonchev–Trinajstić information content (AvgIpc) is 3.02. The van der Waals surface area contributed by atoms with Gasteiger partial charge in [0.2, 0.25) is 0 Å². The van der Waals surface area contributed by atoms with Crippen LogP contribution in [0.5, 0.6) is 0 Å². The monoisotopic (exact) mass is 680 g/mol. The summed E-state index contributed by atoms with van der Waals surface area (Å²) in [7, 11) is -1.31. The number of unbranched alkanes of at least 4 members (excludes halogenated alkanes) is 6. The lowest BCUT2D eigenvalue weighted by atomic mass is 10.0. The van der Waals surface area contributed by atoms with Crippen LogP contribution in [-0.4, -0.2) is 46.6 Å². The van der Waals surface area contributed by atoms with E-state index in [0.29, 0.717) is 18.3 Å². The maximum Gasteiger partial charge on any atom is 0.264 e. The van der Waals surface area contributed by atoms with Crippen LogP contribution in [0.2, 0.25) is 0 Å². The molecule has 47 heavy (non-hydrogen) atoms. The molecule has 5 nitrogen and oxygen atoms in total. The summed E-state index contributed by atoms with van der Waals surface area (Å²) in [5, 5.41) is 11.7.